The fraction of sp³-hybridized carbons (Fsp3) is 0.154. The van der Waals surface area contributed by atoms with Gasteiger partial charge in [-0.3, -0.25) is 9.59 Å². The van der Waals surface area contributed by atoms with Crippen LogP contribution in [0.2, 0.25) is 0 Å². The van der Waals surface area contributed by atoms with Gasteiger partial charge in [-0.25, -0.2) is 4.39 Å². The average Bonchev–Trinajstić information content (AvgIpc) is 3.16. The number of aromatic nitrogens is 1. The molecule has 0 aliphatic carbocycles. The van der Waals surface area contributed by atoms with E-state index in [0.717, 1.165) is 21.4 Å². The quantitative estimate of drug-likeness (QED) is 0.352. The first-order valence-electron chi connectivity index (χ1n) is 10.6. The Morgan fingerprint density at radius 2 is 1.79 bits per heavy atom. The largest absolute Gasteiger partial charge is 0.350 e. The van der Waals surface area contributed by atoms with E-state index in [1.807, 2.05) is 61.7 Å². The molecule has 0 radical (unpaired) electrons. The number of aryl methyl sites for hydroxylation is 1. The first-order valence-corrected chi connectivity index (χ1v) is 11.6. The number of thioether (sulfide) groups is 1. The smallest absolute Gasteiger partial charge is 0.251 e. The summed E-state index contributed by atoms with van der Waals surface area (Å²) in [5, 5.41) is 6.73. The van der Waals surface area contributed by atoms with Gasteiger partial charge in [0.05, 0.1) is 5.75 Å². The van der Waals surface area contributed by atoms with Crippen molar-refractivity contribution < 1.29 is 14.0 Å². The average molecular weight is 462 g/mol. The van der Waals surface area contributed by atoms with Crippen molar-refractivity contribution in [2.24, 2.45) is 0 Å². The second-order valence-electron chi connectivity index (χ2n) is 7.67. The summed E-state index contributed by atoms with van der Waals surface area (Å²) < 4.78 is 15.4. The molecule has 168 valence electrons. The topological polar surface area (TPSA) is 63.1 Å². The number of hydrogen-bond acceptors (Lipinski definition) is 3. The third-order valence-electron chi connectivity index (χ3n) is 5.17. The van der Waals surface area contributed by atoms with Gasteiger partial charge >= 0.3 is 0 Å². The molecule has 0 unspecified atom stereocenters. The number of anilines is 1. The number of amides is 2. The van der Waals surface area contributed by atoms with Crippen LogP contribution in [0.4, 0.5) is 10.1 Å². The molecule has 0 bridgehead atoms. The summed E-state index contributed by atoms with van der Waals surface area (Å²) in [5.74, 6) is -0.491. The highest BCUT2D eigenvalue weighted by Crippen LogP contribution is 2.30. The lowest BCUT2D eigenvalue weighted by Gasteiger charge is -2.08. The van der Waals surface area contributed by atoms with Crippen molar-refractivity contribution in [2.75, 3.05) is 17.6 Å². The second-order valence-corrected chi connectivity index (χ2v) is 8.69. The molecule has 0 aliphatic rings. The Bertz CT molecular complexity index is 1280. The van der Waals surface area contributed by atoms with E-state index in [2.05, 4.69) is 15.2 Å². The normalized spacial score (nSPS) is 10.8. The maximum Gasteiger partial charge on any atom is 0.251 e. The Morgan fingerprint density at radius 3 is 2.58 bits per heavy atom. The van der Waals surface area contributed by atoms with E-state index in [0.29, 0.717) is 24.3 Å². The molecule has 3 aromatic carbocycles. The van der Waals surface area contributed by atoms with Crippen molar-refractivity contribution in [2.45, 2.75) is 18.4 Å². The van der Waals surface area contributed by atoms with E-state index in [1.54, 1.807) is 12.1 Å². The van der Waals surface area contributed by atoms with Gasteiger partial charge in [-0.1, -0.05) is 42.0 Å². The van der Waals surface area contributed by atoms with Crippen molar-refractivity contribution in [3.63, 3.8) is 0 Å². The first kappa shape index (κ1) is 22.6. The molecule has 0 saturated heterocycles. The number of halogens is 1. The molecule has 2 N–H and O–H groups in total. The fourth-order valence-electron chi connectivity index (χ4n) is 3.52. The van der Waals surface area contributed by atoms with Crippen molar-refractivity contribution >= 4 is 40.2 Å². The summed E-state index contributed by atoms with van der Waals surface area (Å²) in [6, 6.07) is 21.3. The number of carbonyl (C=O) groups excluding carboxylic acids is 2. The predicted molar refractivity (Wildman–Crippen MR) is 131 cm³/mol. The van der Waals surface area contributed by atoms with Crippen LogP contribution in [0.3, 0.4) is 0 Å². The number of hydrogen-bond donors (Lipinski definition) is 2. The molecule has 4 aromatic rings. The zero-order valence-corrected chi connectivity index (χ0v) is 19.0. The molecule has 0 saturated carbocycles. The van der Waals surface area contributed by atoms with Gasteiger partial charge in [0.1, 0.15) is 5.82 Å². The van der Waals surface area contributed by atoms with Crippen molar-refractivity contribution in [3.05, 3.63) is 95.9 Å². The number of nitrogens with zero attached hydrogens (tertiary/aromatic N) is 1. The van der Waals surface area contributed by atoms with Crippen LogP contribution < -0.4 is 10.6 Å². The highest BCUT2D eigenvalue weighted by Gasteiger charge is 2.12. The third kappa shape index (κ3) is 5.81. The van der Waals surface area contributed by atoms with Gasteiger partial charge in [-0.15, -0.1) is 11.8 Å². The van der Waals surface area contributed by atoms with Crippen molar-refractivity contribution in [1.29, 1.82) is 0 Å². The molecular weight excluding hydrogens is 437 g/mol. The summed E-state index contributed by atoms with van der Waals surface area (Å²) in [5.41, 5.74) is 3.22. The highest BCUT2D eigenvalue weighted by molar-refractivity contribution is 8.00. The van der Waals surface area contributed by atoms with Gasteiger partial charge in [-0.05, 0) is 43.3 Å². The molecule has 1 aromatic heterocycles. The molecule has 2 amide bonds. The van der Waals surface area contributed by atoms with Crippen LogP contribution in [-0.4, -0.2) is 28.7 Å². The van der Waals surface area contributed by atoms with Gasteiger partial charge < -0.3 is 15.2 Å². The molecule has 1 heterocycles. The summed E-state index contributed by atoms with van der Waals surface area (Å²) in [4.78, 5) is 25.7. The standard InChI is InChI=1S/C26H24FN3O2S/c1-18-9-11-19(12-10-18)26(32)28-13-14-30-16-24(22-7-2-3-8-23(22)30)33-17-25(31)29-21-6-4-5-20(27)15-21/h2-12,15-16H,13-14,17H2,1H3,(H,28,32)(H,29,31). The maximum atomic E-state index is 13.3. The molecule has 0 atom stereocenters. The molecule has 5 nitrogen and oxygen atoms in total. The Morgan fingerprint density at radius 1 is 1.00 bits per heavy atom. The van der Waals surface area contributed by atoms with Crippen molar-refractivity contribution in [1.82, 2.24) is 9.88 Å². The van der Waals surface area contributed by atoms with E-state index in [-0.39, 0.29) is 17.6 Å². The summed E-state index contributed by atoms with van der Waals surface area (Å²) in [6.07, 6.45) is 2.00. The molecule has 0 spiro atoms. The van der Waals surface area contributed by atoms with E-state index in [9.17, 15) is 14.0 Å². The van der Waals surface area contributed by atoms with Crippen LogP contribution in [0, 0.1) is 12.7 Å². The number of carbonyl (C=O) groups is 2. The van der Waals surface area contributed by atoms with Crippen LogP contribution >= 0.6 is 11.8 Å². The summed E-state index contributed by atoms with van der Waals surface area (Å²) in [6.45, 7) is 3.07. The third-order valence-corrected chi connectivity index (χ3v) is 6.21. The maximum absolute atomic E-state index is 13.3. The molecular formula is C26H24FN3O2S. The van der Waals surface area contributed by atoms with Crippen molar-refractivity contribution in [3.8, 4) is 0 Å². The van der Waals surface area contributed by atoms with Crippen LogP contribution in [0.5, 0.6) is 0 Å². The van der Waals surface area contributed by atoms with E-state index >= 15 is 0 Å². The lowest BCUT2D eigenvalue weighted by atomic mass is 10.1. The molecule has 7 heteroatoms. The number of fused-ring (bicyclic) bond motifs is 1. The van der Waals surface area contributed by atoms with Crippen LogP contribution in [0.15, 0.2) is 83.9 Å². The number of benzene rings is 3. The Labute approximate surface area is 196 Å². The fourth-order valence-corrected chi connectivity index (χ4v) is 4.41. The molecule has 0 fully saturated rings. The van der Waals surface area contributed by atoms with E-state index in [4.69, 9.17) is 0 Å². The zero-order chi connectivity index (χ0) is 23.2. The summed E-state index contributed by atoms with van der Waals surface area (Å²) >= 11 is 1.43. The van der Waals surface area contributed by atoms with E-state index < -0.39 is 5.82 Å². The van der Waals surface area contributed by atoms with Gasteiger partial charge in [0.2, 0.25) is 5.91 Å². The number of para-hydroxylation sites is 1. The van der Waals surface area contributed by atoms with E-state index in [1.165, 1.54) is 23.9 Å². The van der Waals surface area contributed by atoms with Gasteiger partial charge in [0.25, 0.3) is 5.91 Å². The lowest BCUT2D eigenvalue weighted by Crippen LogP contribution is -2.27. The Hall–Kier alpha value is -3.58. The lowest BCUT2D eigenvalue weighted by molar-refractivity contribution is -0.113. The van der Waals surface area contributed by atoms with Gasteiger partial charge in [0, 0.05) is 46.3 Å². The van der Waals surface area contributed by atoms with Crippen LogP contribution in [0.1, 0.15) is 15.9 Å². The Kier molecular flexibility index (Phi) is 7.10. The minimum absolute atomic E-state index is 0.102. The molecule has 33 heavy (non-hydrogen) atoms. The molecule has 0 aliphatic heterocycles. The number of nitrogens with one attached hydrogen (secondary N) is 2. The number of rotatable bonds is 8. The second kappa shape index (κ2) is 10.4. The van der Waals surface area contributed by atoms with Crippen LogP contribution in [0.25, 0.3) is 10.9 Å². The molecule has 4 rings (SSSR count). The first-order chi connectivity index (χ1) is 16.0. The minimum atomic E-state index is -0.391. The monoisotopic (exact) mass is 461 g/mol. The van der Waals surface area contributed by atoms with Gasteiger partial charge in [0.15, 0.2) is 0 Å². The highest BCUT2D eigenvalue weighted by atomic mass is 32.2. The van der Waals surface area contributed by atoms with Crippen LogP contribution in [-0.2, 0) is 11.3 Å². The van der Waals surface area contributed by atoms with Gasteiger partial charge in [-0.2, -0.15) is 0 Å². The summed E-state index contributed by atoms with van der Waals surface area (Å²) in [7, 11) is 0. The minimum Gasteiger partial charge on any atom is -0.350 e. The SMILES string of the molecule is Cc1ccc(C(=O)NCCn2cc(SCC(=O)Nc3cccc(F)c3)c3ccccc32)cc1. The Balaban J connectivity index is 1.38. The zero-order valence-electron chi connectivity index (χ0n) is 18.2. The predicted octanol–water partition coefficient (Wildman–Crippen LogP) is 5.25.